The molecule has 0 radical (unpaired) electrons. The Balaban J connectivity index is 3.64. The van der Waals surface area contributed by atoms with Crippen molar-refractivity contribution in [2.75, 3.05) is 0 Å². The predicted octanol–water partition coefficient (Wildman–Crippen LogP) is 5.40. The number of alkyl halides is 9. The van der Waals surface area contributed by atoms with Crippen molar-refractivity contribution >= 4 is 0 Å². The summed E-state index contributed by atoms with van der Waals surface area (Å²) in [5.74, 6) is 0. The summed E-state index contributed by atoms with van der Waals surface area (Å²) in [5.41, 5.74) is -7.87. The van der Waals surface area contributed by atoms with Crippen molar-refractivity contribution in [2.45, 2.75) is 37.8 Å². The zero-order valence-electron chi connectivity index (χ0n) is 10.6. The van der Waals surface area contributed by atoms with Crippen molar-refractivity contribution < 1.29 is 39.5 Å². The third-order valence-electron chi connectivity index (χ3n) is 3.25. The molecule has 0 atom stereocenters. The van der Waals surface area contributed by atoms with E-state index in [0.29, 0.717) is 12.1 Å². The molecule has 0 fully saturated rings. The van der Waals surface area contributed by atoms with E-state index in [1.54, 1.807) is 0 Å². The molecule has 0 aliphatic rings. The summed E-state index contributed by atoms with van der Waals surface area (Å²) in [7, 11) is 0. The van der Waals surface area contributed by atoms with Crippen LogP contribution in [0.2, 0.25) is 0 Å². The van der Waals surface area contributed by atoms with Crippen LogP contribution in [0.1, 0.15) is 23.6 Å². The minimum Gasteiger partial charge on any atom is -0.170 e. The molecule has 0 saturated heterocycles. The highest BCUT2D eigenvalue weighted by atomic mass is 19.4. The summed E-state index contributed by atoms with van der Waals surface area (Å²) < 4.78 is 115. The molecule has 0 aromatic heterocycles. The highest BCUT2D eigenvalue weighted by molar-refractivity contribution is 5.38. The SMILES string of the molecule is Cc1ccc(C(C)(C(F)(F)F)C(F)(F)F)cc1C(F)(F)F. The van der Waals surface area contributed by atoms with Gasteiger partial charge in [-0.2, -0.15) is 39.5 Å². The molecule has 1 aromatic carbocycles. The lowest BCUT2D eigenvalue weighted by Crippen LogP contribution is -2.51. The van der Waals surface area contributed by atoms with Crippen LogP contribution in [0.5, 0.6) is 0 Å². The molecule has 0 nitrogen and oxygen atoms in total. The van der Waals surface area contributed by atoms with E-state index < -0.39 is 40.6 Å². The Morgan fingerprint density at radius 1 is 0.762 bits per heavy atom. The van der Waals surface area contributed by atoms with Gasteiger partial charge in [0.25, 0.3) is 0 Å². The summed E-state index contributed by atoms with van der Waals surface area (Å²) in [5, 5.41) is 0. The van der Waals surface area contributed by atoms with Crippen molar-refractivity contribution in [3.05, 3.63) is 34.9 Å². The third-order valence-corrected chi connectivity index (χ3v) is 3.25. The van der Waals surface area contributed by atoms with Gasteiger partial charge in [0.2, 0.25) is 0 Å². The second-order valence-corrected chi connectivity index (χ2v) is 4.65. The maximum absolute atomic E-state index is 12.8. The summed E-state index contributed by atoms with van der Waals surface area (Å²) >= 11 is 0. The first kappa shape index (κ1) is 17.6. The van der Waals surface area contributed by atoms with Gasteiger partial charge in [0, 0.05) is 0 Å². The van der Waals surface area contributed by atoms with Crippen LogP contribution >= 0.6 is 0 Å². The van der Waals surface area contributed by atoms with Crippen molar-refractivity contribution in [3.63, 3.8) is 0 Å². The average molecular weight is 324 g/mol. The molecule has 1 aromatic rings. The van der Waals surface area contributed by atoms with Crippen molar-refractivity contribution in [2.24, 2.45) is 0 Å². The molecule has 1 rings (SSSR count). The Kier molecular flexibility index (Phi) is 4.04. The molecule has 120 valence electrons. The van der Waals surface area contributed by atoms with Crippen molar-refractivity contribution in [1.82, 2.24) is 0 Å². The molecule has 0 aliphatic heterocycles. The Bertz CT molecular complexity index is 505. The van der Waals surface area contributed by atoms with Gasteiger partial charge in [-0.05, 0) is 31.0 Å². The third kappa shape index (κ3) is 2.96. The summed E-state index contributed by atoms with van der Waals surface area (Å²) in [4.78, 5) is 0. The molecule has 21 heavy (non-hydrogen) atoms. The van der Waals surface area contributed by atoms with E-state index in [1.807, 2.05) is 0 Å². The van der Waals surface area contributed by atoms with Gasteiger partial charge in [-0.1, -0.05) is 12.1 Å². The van der Waals surface area contributed by atoms with Crippen molar-refractivity contribution in [3.8, 4) is 0 Å². The van der Waals surface area contributed by atoms with Gasteiger partial charge in [0.1, 0.15) is 0 Å². The second-order valence-electron chi connectivity index (χ2n) is 4.65. The first-order chi connectivity index (χ1) is 9.12. The van der Waals surface area contributed by atoms with E-state index in [-0.39, 0.29) is 13.0 Å². The molecular weight excluding hydrogens is 315 g/mol. The lowest BCUT2D eigenvalue weighted by Gasteiger charge is -2.34. The summed E-state index contributed by atoms with van der Waals surface area (Å²) in [6.45, 7) is 0.767. The second kappa shape index (κ2) is 4.81. The molecule has 0 saturated carbocycles. The largest absolute Gasteiger partial charge is 0.416 e. The van der Waals surface area contributed by atoms with Crippen LogP contribution in [0, 0.1) is 6.92 Å². The van der Waals surface area contributed by atoms with Crippen LogP contribution in [0.3, 0.4) is 0 Å². The van der Waals surface area contributed by atoms with Crippen LogP contribution < -0.4 is 0 Å². The van der Waals surface area contributed by atoms with E-state index in [0.717, 1.165) is 6.92 Å². The molecule has 0 aliphatic carbocycles. The zero-order valence-corrected chi connectivity index (χ0v) is 10.6. The van der Waals surface area contributed by atoms with Gasteiger partial charge in [0.15, 0.2) is 5.41 Å². The van der Waals surface area contributed by atoms with Gasteiger partial charge >= 0.3 is 18.5 Å². The van der Waals surface area contributed by atoms with Crippen LogP contribution in [-0.4, -0.2) is 12.4 Å². The number of rotatable bonds is 1. The van der Waals surface area contributed by atoms with Crippen LogP contribution in [0.25, 0.3) is 0 Å². The molecule has 0 spiro atoms. The van der Waals surface area contributed by atoms with E-state index in [2.05, 4.69) is 0 Å². The number of aryl methyl sites for hydroxylation is 1. The zero-order chi connectivity index (χ0) is 16.9. The minimum absolute atomic E-state index is 0.101. The maximum atomic E-state index is 12.8. The molecule has 9 heteroatoms. The van der Waals surface area contributed by atoms with E-state index in [4.69, 9.17) is 0 Å². The highest BCUT2D eigenvalue weighted by Crippen LogP contribution is 2.52. The molecule has 0 amide bonds. The average Bonchev–Trinajstić information content (AvgIpc) is 2.23. The highest BCUT2D eigenvalue weighted by Gasteiger charge is 2.68. The van der Waals surface area contributed by atoms with E-state index in [1.165, 1.54) is 0 Å². The molecular formula is C12H9F9. The first-order valence-electron chi connectivity index (χ1n) is 5.44. The van der Waals surface area contributed by atoms with E-state index in [9.17, 15) is 39.5 Å². The Labute approximate surface area is 113 Å². The Hall–Kier alpha value is -1.41. The molecule has 0 N–H and O–H groups in total. The fourth-order valence-electron chi connectivity index (χ4n) is 1.73. The molecule has 0 unspecified atom stereocenters. The fraction of sp³-hybridized carbons (Fsp3) is 0.500. The summed E-state index contributed by atoms with van der Waals surface area (Å²) in [6, 6.07) is 0.899. The standard InChI is InChI=1S/C12H9F9/c1-6-3-4-7(5-8(6)10(13,14)15)9(2,11(16,17)18)12(19,20)21/h3-5H,1-2H3. The lowest BCUT2D eigenvalue weighted by molar-refractivity contribution is -0.297. The number of benzene rings is 1. The van der Waals surface area contributed by atoms with Gasteiger partial charge in [0.05, 0.1) is 5.56 Å². The van der Waals surface area contributed by atoms with E-state index >= 15 is 0 Å². The fourth-order valence-corrected chi connectivity index (χ4v) is 1.73. The van der Waals surface area contributed by atoms with Crippen molar-refractivity contribution in [1.29, 1.82) is 0 Å². The normalized spacial score (nSPS) is 14.4. The topological polar surface area (TPSA) is 0 Å². The van der Waals surface area contributed by atoms with Gasteiger partial charge < -0.3 is 0 Å². The van der Waals surface area contributed by atoms with Crippen LogP contribution in [0.4, 0.5) is 39.5 Å². The minimum atomic E-state index is -5.79. The smallest absolute Gasteiger partial charge is 0.170 e. The Morgan fingerprint density at radius 3 is 1.52 bits per heavy atom. The number of hydrogen-bond acceptors (Lipinski definition) is 0. The summed E-state index contributed by atoms with van der Waals surface area (Å²) in [6.07, 6.45) is -16.6. The van der Waals surface area contributed by atoms with Crippen LogP contribution in [0.15, 0.2) is 18.2 Å². The molecule has 0 heterocycles. The first-order valence-corrected chi connectivity index (χ1v) is 5.44. The Morgan fingerprint density at radius 2 is 1.19 bits per heavy atom. The number of halogens is 9. The maximum Gasteiger partial charge on any atom is 0.416 e. The monoisotopic (exact) mass is 324 g/mol. The van der Waals surface area contributed by atoms with Gasteiger partial charge in [-0.25, -0.2) is 0 Å². The lowest BCUT2D eigenvalue weighted by atomic mass is 9.79. The quantitative estimate of drug-likeness (QED) is 0.607. The van der Waals surface area contributed by atoms with Gasteiger partial charge in [-0.3, -0.25) is 0 Å². The molecule has 0 bridgehead atoms. The predicted molar refractivity (Wildman–Crippen MR) is 55.6 cm³/mol. The number of hydrogen-bond donors (Lipinski definition) is 0. The van der Waals surface area contributed by atoms with Crippen LogP contribution in [-0.2, 0) is 11.6 Å². The van der Waals surface area contributed by atoms with Gasteiger partial charge in [-0.15, -0.1) is 0 Å².